The lowest BCUT2D eigenvalue weighted by atomic mass is 10.1. The van der Waals surface area contributed by atoms with E-state index in [4.69, 9.17) is 0 Å². The average molecular weight is 286 g/mol. The van der Waals surface area contributed by atoms with Crippen molar-refractivity contribution in [3.05, 3.63) is 65.5 Å². The zero-order valence-corrected chi connectivity index (χ0v) is 11.3. The molecule has 0 saturated carbocycles. The quantitative estimate of drug-likeness (QED) is 0.830. The Morgan fingerprint density at radius 3 is 2.24 bits per heavy atom. The van der Waals surface area contributed by atoms with Crippen molar-refractivity contribution in [3.8, 4) is 0 Å². The number of aldehydes is 1. The van der Waals surface area contributed by atoms with Crippen LogP contribution in [-0.2, 0) is 17.8 Å². The van der Waals surface area contributed by atoms with Crippen molar-refractivity contribution in [1.82, 2.24) is 5.32 Å². The number of carbonyl (C=O) groups is 2. The third-order valence-corrected chi connectivity index (χ3v) is 2.90. The van der Waals surface area contributed by atoms with Gasteiger partial charge in [0.1, 0.15) is 12.1 Å². The molecule has 0 spiro atoms. The fraction of sp³-hybridized carbons (Fsp3) is 0.125. The molecule has 0 aliphatic carbocycles. The van der Waals surface area contributed by atoms with Gasteiger partial charge in [0, 0.05) is 18.7 Å². The molecule has 108 valence electrons. The van der Waals surface area contributed by atoms with Crippen LogP contribution in [0.5, 0.6) is 0 Å². The van der Waals surface area contributed by atoms with Crippen LogP contribution in [0.4, 0.5) is 14.9 Å². The summed E-state index contributed by atoms with van der Waals surface area (Å²) in [4.78, 5) is 22.1. The summed E-state index contributed by atoms with van der Waals surface area (Å²) in [6, 6.07) is 12.6. The summed E-state index contributed by atoms with van der Waals surface area (Å²) in [5.74, 6) is -0.307. The highest BCUT2D eigenvalue weighted by Gasteiger charge is 2.02. The van der Waals surface area contributed by atoms with Crippen LogP contribution >= 0.6 is 0 Å². The number of rotatable bonds is 5. The number of amides is 2. The van der Waals surface area contributed by atoms with Gasteiger partial charge in [0.25, 0.3) is 0 Å². The van der Waals surface area contributed by atoms with Gasteiger partial charge in [-0.05, 0) is 35.4 Å². The van der Waals surface area contributed by atoms with Crippen molar-refractivity contribution in [1.29, 1.82) is 0 Å². The second-order valence-electron chi connectivity index (χ2n) is 4.50. The van der Waals surface area contributed by atoms with Crippen molar-refractivity contribution in [3.63, 3.8) is 0 Å². The highest BCUT2D eigenvalue weighted by Crippen LogP contribution is 2.09. The van der Waals surface area contributed by atoms with E-state index in [0.29, 0.717) is 18.7 Å². The minimum absolute atomic E-state index is 0.307. The van der Waals surface area contributed by atoms with Crippen LogP contribution in [0.3, 0.4) is 0 Å². The number of nitrogens with one attached hydrogen (secondary N) is 2. The minimum Gasteiger partial charge on any atom is -0.334 e. The number of anilines is 1. The molecule has 2 amide bonds. The third kappa shape index (κ3) is 4.72. The molecule has 0 fully saturated rings. The molecule has 0 radical (unpaired) electrons. The molecule has 0 saturated heterocycles. The molecule has 0 aromatic heterocycles. The Morgan fingerprint density at radius 2 is 1.62 bits per heavy atom. The molecule has 0 heterocycles. The Morgan fingerprint density at radius 1 is 1.00 bits per heavy atom. The van der Waals surface area contributed by atoms with Gasteiger partial charge in [-0.2, -0.15) is 0 Å². The van der Waals surface area contributed by atoms with E-state index in [9.17, 15) is 14.0 Å². The van der Waals surface area contributed by atoms with Crippen LogP contribution in [0.15, 0.2) is 48.5 Å². The maximum Gasteiger partial charge on any atom is 0.319 e. The summed E-state index contributed by atoms with van der Waals surface area (Å²) in [7, 11) is 0. The van der Waals surface area contributed by atoms with E-state index in [1.54, 1.807) is 36.4 Å². The zero-order valence-electron chi connectivity index (χ0n) is 11.3. The SMILES string of the molecule is O=CCc1ccc(NC(=O)NCc2ccc(F)cc2)cc1. The molecule has 0 bridgehead atoms. The van der Waals surface area contributed by atoms with Crippen molar-refractivity contribution in [2.24, 2.45) is 0 Å². The summed E-state index contributed by atoms with van der Waals surface area (Å²) in [5, 5.41) is 5.36. The first-order valence-electron chi connectivity index (χ1n) is 6.49. The second-order valence-corrected chi connectivity index (χ2v) is 4.50. The molecule has 0 unspecified atom stereocenters. The van der Waals surface area contributed by atoms with Crippen molar-refractivity contribution in [2.75, 3.05) is 5.32 Å². The molecule has 5 heteroatoms. The van der Waals surface area contributed by atoms with Gasteiger partial charge in [0.15, 0.2) is 0 Å². The number of urea groups is 1. The minimum atomic E-state index is -0.345. The number of hydrogen-bond acceptors (Lipinski definition) is 2. The van der Waals surface area contributed by atoms with Gasteiger partial charge in [-0.1, -0.05) is 24.3 Å². The molecular weight excluding hydrogens is 271 g/mol. The Kier molecular flexibility index (Phi) is 5.04. The van der Waals surface area contributed by atoms with E-state index in [-0.39, 0.29) is 11.8 Å². The molecule has 0 aliphatic rings. The molecule has 0 atom stereocenters. The Labute approximate surface area is 122 Å². The lowest BCUT2D eigenvalue weighted by Crippen LogP contribution is -2.28. The van der Waals surface area contributed by atoms with E-state index in [1.165, 1.54) is 12.1 Å². The van der Waals surface area contributed by atoms with Gasteiger partial charge in [-0.25, -0.2) is 9.18 Å². The predicted octanol–water partition coefficient (Wildman–Crippen LogP) is 2.89. The van der Waals surface area contributed by atoms with Crippen LogP contribution in [0.25, 0.3) is 0 Å². The van der Waals surface area contributed by atoms with Crippen LogP contribution in [0.2, 0.25) is 0 Å². The monoisotopic (exact) mass is 286 g/mol. The first-order chi connectivity index (χ1) is 10.2. The summed E-state index contributed by atoms with van der Waals surface area (Å²) >= 11 is 0. The fourth-order valence-corrected chi connectivity index (χ4v) is 1.78. The highest BCUT2D eigenvalue weighted by atomic mass is 19.1. The Balaban J connectivity index is 1.83. The van der Waals surface area contributed by atoms with E-state index in [2.05, 4.69) is 10.6 Å². The van der Waals surface area contributed by atoms with E-state index >= 15 is 0 Å². The zero-order chi connectivity index (χ0) is 15.1. The lowest BCUT2D eigenvalue weighted by Gasteiger charge is -2.08. The number of halogens is 1. The maximum atomic E-state index is 12.7. The topological polar surface area (TPSA) is 58.2 Å². The Hall–Kier alpha value is -2.69. The maximum absolute atomic E-state index is 12.7. The fourth-order valence-electron chi connectivity index (χ4n) is 1.78. The summed E-state index contributed by atoms with van der Waals surface area (Å²) in [5.41, 5.74) is 2.34. The standard InChI is InChI=1S/C16H15FN2O2/c17-14-5-1-13(2-6-14)11-18-16(21)19-15-7-3-12(4-8-15)9-10-20/h1-8,10H,9,11H2,(H2,18,19,21). The number of hydrogen-bond donors (Lipinski definition) is 2. The molecule has 0 aliphatic heterocycles. The molecule has 2 aromatic rings. The van der Waals surface area contributed by atoms with Crippen LogP contribution in [0.1, 0.15) is 11.1 Å². The van der Waals surface area contributed by atoms with Gasteiger partial charge in [-0.3, -0.25) is 0 Å². The third-order valence-electron chi connectivity index (χ3n) is 2.90. The first kappa shape index (κ1) is 14.7. The molecule has 2 rings (SSSR count). The van der Waals surface area contributed by atoms with Gasteiger partial charge in [0.2, 0.25) is 0 Å². The summed E-state index contributed by atoms with van der Waals surface area (Å²) in [6.07, 6.45) is 1.19. The van der Waals surface area contributed by atoms with Crippen molar-refractivity contribution < 1.29 is 14.0 Å². The molecule has 2 N–H and O–H groups in total. The van der Waals surface area contributed by atoms with Crippen molar-refractivity contribution >= 4 is 18.0 Å². The molecular formula is C16H15FN2O2. The van der Waals surface area contributed by atoms with Gasteiger partial charge < -0.3 is 15.4 Å². The summed E-state index contributed by atoms with van der Waals surface area (Å²) in [6.45, 7) is 0.315. The number of carbonyl (C=O) groups excluding carboxylic acids is 2. The molecule has 4 nitrogen and oxygen atoms in total. The van der Waals surface area contributed by atoms with Crippen molar-refractivity contribution in [2.45, 2.75) is 13.0 Å². The average Bonchev–Trinajstić information content (AvgIpc) is 2.49. The predicted molar refractivity (Wildman–Crippen MR) is 78.5 cm³/mol. The second kappa shape index (κ2) is 7.19. The largest absolute Gasteiger partial charge is 0.334 e. The van der Waals surface area contributed by atoms with Gasteiger partial charge in [-0.15, -0.1) is 0 Å². The lowest BCUT2D eigenvalue weighted by molar-refractivity contribution is -0.107. The van der Waals surface area contributed by atoms with Crippen LogP contribution < -0.4 is 10.6 Å². The van der Waals surface area contributed by atoms with E-state index in [0.717, 1.165) is 17.4 Å². The number of benzene rings is 2. The van der Waals surface area contributed by atoms with Gasteiger partial charge >= 0.3 is 6.03 Å². The first-order valence-corrected chi connectivity index (χ1v) is 6.49. The summed E-state index contributed by atoms with van der Waals surface area (Å²) < 4.78 is 12.7. The van der Waals surface area contributed by atoms with Crippen LogP contribution in [-0.4, -0.2) is 12.3 Å². The Bertz CT molecular complexity index is 609. The van der Waals surface area contributed by atoms with E-state index < -0.39 is 0 Å². The van der Waals surface area contributed by atoms with Gasteiger partial charge in [0.05, 0.1) is 0 Å². The van der Waals surface area contributed by atoms with Crippen LogP contribution in [0, 0.1) is 5.82 Å². The highest BCUT2D eigenvalue weighted by molar-refractivity contribution is 5.89. The molecule has 2 aromatic carbocycles. The smallest absolute Gasteiger partial charge is 0.319 e. The molecule has 21 heavy (non-hydrogen) atoms. The van der Waals surface area contributed by atoms with E-state index in [1.807, 2.05) is 0 Å². The normalized spacial score (nSPS) is 9.95.